The Labute approximate surface area is 210 Å². The molecule has 0 aromatic heterocycles. The number of fused-ring (bicyclic) bond motifs is 1. The number of hydrogen-bond acceptors (Lipinski definition) is 5. The maximum absolute atomic E-state index is 10.2. The molecular formula is C28H54O5Si. The maximum Gasteiger partial charge on any atom is 0.192 e. The van der Waals surface area contributed by atoms with Crippen LogP contribution >= 0.6 is 0 Å². The number of unbranched alkanes of at least 4 members (excludes halogenated alkanes) is 4. The van der Waals surface area contributed by atoms with Gasteiger partial charge in [0.1, 0.15) is 0 Å². The number of aliphatic hydroxyl groups excluding tert-OH is 1. The highest BCUT2D eigenvalue weighted by molar-refractivity contribution is 6.74. The lowest BCUT2D eigenvalue weighted by atomic mass is 9.86. The number of hydrogen-bond donors (Lipinski definition) is 1. The van der Waals surface area contributed by atoms with Crippen LogP contribution in [0.4, 0.5) is 0 Å². The predicted molar refractivity (Wildman–Crippen MR) is 140 cm³/mol. The Hall–Kier alpha value is 0.0169. The highest BCUT2D eigenvalue weighted by atomic mass is 28.4. The first-order chi connectivity index (χ1) is 16.1. The Morgan fingerprint density at radius 1 is 1.03 bits per heavy atom. The van der Waals surface area contributed by atoms with Crippen molar-refractivity contribution in [1.29, 1.82) is 0 Å². The fourth-order valence-electron chi connectivity index (χ4n) is 5.88. The van der Waals surface area contributed by atoms with Gasteiger partial charge in [0.2, 0.25) is 0 Å². The Morgan fingerprint density at radius 2 is 1.79 bits per heavy atom. The summed E-state index contributed by atoms with van der Waals surface area (Å²) in [6.07, 6.45) is 14.7. The summed E-state index contributed by atoms with van der Waals surface area (Å²) in [7, 11) is -1.83. The molecule has 200 valence electrons. The van der Waals surface area contributed by atoms with Gasteiger partial charge in [-0.15, -0.1) is 0 Å². The largest absolute Gasteiger partial charge is 0.414 e. The van der Waals surface area contributed by atoms with Crippen LogP contribution in [0.3, 0.4) is 0 Å². The van der Waals surface area contributed by atoms with Crippen LogP contribution in [0, 0.1) is 11.8 Å². The van der Waals surface area contributed by atoms with Gasteiger partial charge in [0.25, 0.3) is 0 Å². The van der Waals surface area contributed by atoms with E-state index in [9.17, 15) is 5.11 Å². The molecule has 7 atom stereocenters. The zero-order valence-corrected chi connectivity index (χ0v) is 24.0. The second kappa shape index (κ2) is 13.0. The molecule has 2 aliphatic heterocycles. The van der Waals surface area contributed by atoms with E-state index in [0.717, 1.165) is 51.6 Å². The van der Waals surface area contributed by atoms with E-state index in [1.807, 2.05) is 0 Å². The maximum atomic E-state index is 10.2. The first-order valence-electron chi connectivity index (χ1n) is 14.4. The first-order valence-corrected chi connectivity index (χ1v) is 17.3. The van der Waals surface area contributed by atoms with Crippen molar-refractivity contribution in [2.75, 3.05) is 6.61 Å². The van der Waals surface area contributed by atoms with Gasteiger partial charge in [-0.05, 0) is 68.5 Å². The molecule has 0 radical (unpaired) electrons. The lowest BCUT2D eigenvalue weighted by Crippen LogP contribution is -2.44. The van der Waals surface area contributed by atoms with Gasteiger partial charge in [0.05, 0.1) is 12.2 Å². The summed E-state index contributed by atoms with van der Waals surface area (Å²) < 4.78 is 25.3. The summed E-state index contributed by atoms with van der Waals surface area (Å²) in [5, 5.41) is 10.4. The molecule has 1 N–H and O–H groups in total. The van der Waals surface area contributed by atoms with Crippen LogP contribution in [-0.2, 0) is 18.6 Å². The zero-order valence-electron chi connectivity index (χ0n) is 23.0. The van der Waals surface area contributed by atoms with Crippen LogP contribution in [-0.4, -0.2) is 50.9 Å². The van der Waals surface area contributed by atoms with E-state index in [1.54, 1.807) is 0 Å². The lowest BCUT2D eigenvalue weighted by molar-refractivity contribution is -0.200. The molecule has 3 aliphatic rings. The van der Waals surface area contributed by atoms with Gasteiger partial charge >= 0.3 is 0 Å². The third kappa shape index (κ3) is 8.01. The minimum Gasteiger partial charge on any atom is -0.414 e. The normalized spacial score (nSPS) is 33.3. The van der Waals surface area contributed by atoms with Crippen molar-refractivity contribution in [1.82, 2.24) is 0 Å². The van der Waals surface area contributed by atoms with Crippen LogP contribution in [0.2, 0.25) is 18.1 Å². The summed E-state index contributed by atoms with van der Waals surface area (Å²) in [6.45, 7) is 14.9. The first kappa shape index (κ1) is 28.6. The molecule has 34 heavy (non-hydrogen) atoms. The molecule has 0 bridgehead atoms. The quantitative estimate of drug-likeness (QED) is 0.215. The van der Waals surface area contributed by atoms with Crippen LogP contribution in [0.1, 0.15) is 111 Å². The van der Waals surface area contributed by atoms with Crippen LogP contribution < -0.4 is 0 Å². The topological polar surface area (TPSA) is 57.2 Å². The van der Waals surface area contributed by atoms with Crippen LogP contribution in [0.5, 0.6) is 0 Å². The molecular weight excluding hydrogens is 444 g/mol. The van der Waals surface area contributed by atoms with Crippen molar-refractivity contribution in [2.24, 2.45) is 11.8 Å². The Bertz CT molecular complexity index is 586. The van der Waals surface area contributed by atoms with Gasteiger partial charge in [-0.1, -0.05) is 59.8 Å². The molecule has 3 unspecified atom stereocenters. The lowest BCUT2D eigenvalue weighted by Gasteiger charge is -2.40. The standard InChI is InChI=1S/C28H54O5Si/c1-7-8-9-10-11-14-21(33-34(5,6)28(2,3)4)16-17-22-23-19-26(29)31-25(23)20-24(22)32-27-15-12-13-18-30-27/h21-27,29H,7-20H2,1-6H3/t21?,22-,23-,24-,25+,26?,27?/m1/s1. The van der Waals surface area contributed by atoms with Gasteiger partial charge in [0, 0.05) is 25.6 Å². The van der Waals surface area contributed by atoms with Gasteiger partial charge in [-0.2, -0.15) is 0 Å². The van der Waals surface area contributed by atoms with E-state index in [0.29, 0.717) is 17.9 Å². The van der Waals surface area contributed by atoms with Crippen molar-refractivity contribution in [3.05, 3.63) is 0 Å². The minimum absolute atomic E-state index is 0.0668. The van der Waals surface area contributed by atoms with Crippen molar-refractivity contribution < 1.29 is 23.7 Å². The second-order valence-electron chi connectivity index (χ2n) is 12.7. The molecule has 6 heteroatoms. The summed E-state index contributed by atoms with van der Waals surface area (Å²) in [4.78, 5) is 0. The molecule has 2 saturated heterocycles. The predicted octanol–water partition coefficient (Wildman–Crippen LogP) is 7.17. The molecule has 0 amide bonds. The SMILES string of the molecule is CCCCCCCC(CC[C@@H]1[C@H]2CC(O)O[C@H]2C[C@H]1OC1CCCCO1)O[Si](C)(C)C(C)(C)C. The molecule has 0 aromatic rings. The number of ether oxygens (including phenoxy) is 3. The van der Waals surface area contributed by atoms with E-state index >= 15 is 0 Å². The van der Waals surface area contributed by atoms with Crippen molar-refractivity contribution >= 4 is 8.32 Å². The molecule has 3 rings (SSSR count). The Kier molecular flexibility index (Phi) is 10.9. The van der Waals surface area contributed by atoms with Crippen LogP contribution in [0.25, 0.3) is 0 Å². The van der Waals surface area contributed by atoms with E-state index < -0.39 is 14.6 Å². The average molecular weight is 499 g/mol. The molecule has 1 saturated carbocycles. The van der Waals surface area contributed by atoms with Gasteiger partial charge in [-0.25, -0.2) is 0 Å². The smallest absolute Gasteiger partial charge is 0.192 e. The third-order valence-corrected chi connectivity index (χ3v) is 13.5. The van der Waals surface area contributed by atoms with Gasteiger partial charge in [-0.3, -0.25) is 0 Å². The van der Waals surface area contributed by atoms with Gasteiger partial charge < -0.3 is 23.7 Å². The van der Waals surface area contributed by atoms with Crippen molar-refractivity contribution in [2.45, 2.75) is 160 Å². The monoisotopic (exact) mass is 498 g/mol. The van der Waals surface area contributed by atoms with Crippen molar-refractivity contribution in [3.8, 4) is 0 Å². The molecule has 1 aliphatic carbocycles. The van der Waals surface area contributed by atoms with Gasteiger partial charge in [0.15, 0.2) is 20.9 Å². The summed E-state index contributed by atoms with van der Waals surface area (Å²) in [5.41, 5.74) is 0. The summed E-state index contributed by atoms with van der Waals surface area (Å²) >= 11 is 0. The van der Waals surface area contributed by atoms with E-state index in [2.05, 4.69) is 40.8 Å². The second-order valence-corrected chi connectivity index (χ2v) is 17.4. The summed E-state index contributed by atoms with van der Waals surface area (Å²) in [5.74, 6) is 0.806. The number of rotatable bonds is 13. The third-order valence-electron chi connectivity index (χ3n) is 8.96. The average Bonchev–Trinajstić information content (AvgIpc) is 3.27. The fourth-order valence-corrected chi connectivity index (χ4v) is 7.31. The molecule has 3 fully saturated rings. The zero-order chi connectivity index (χ0) is 24.8. The van der Waals surface area contributed by atoms with E-state index in [1.165, 1.54) is 38.5 Å². The molecule has 2 heterocycles. The highest BCUT2D eigenvalue weighted by Crippen LogP contribution is 2.47. The fraction of sp³-hybridized carbons (Fsp3) is 1.00. The van der Waals surface area contributed by atoms with E-state index in [4.69, 9.17) is 18.6 Å². The highest BCUT2D eigenvalue weighted by Gasteiger charge is 2.50. The van der Waals surface area contributed by atoms with Crippen LogP contribution in [0.15, 0.2) is 0 Å². The van der Waals surface area contributed by atoms with Crippen molar-refractivity contribution in [3.63, 3.8) is 0 Å². The Balaban J connectivity index is 1.62. The van der Waals surface area contributed by atoms with E-state index in [-0.39, 0.29) is 23.5 Å². The molecule has 0 aromatic carbocycles. The molecule has 0 spiro atoms. The molecule has 5 nitrogen and oxygen atoms in total. The minimum atomic E-state index is -1.83. The number of aliphatic hydroxyl groups is 1. The Morgan fingerprint density at radius 3 is 2.47 bits per heavy atom. The summed E-state index contributed by atoms with van der Waals surface area (Å²) in [6, 6.07) is 0.